The number of hydrogen-bond acceptors (Lipinski definition) is 3. The number of benzene rings is 1. The van der Waals surface area contributed by atoms with Crippen LogP contribution in [-0.4, -0.2) is 22.4 Å². The summed E-state index contributed by atoms with van der Waals surface area (Å²) in [6, 6.07) is 7.07. The van der Waals surface area contributed by atoms with Crippen molar-refractivity contribution in [2.75, 3.05) is 17.6 Å². The van der Waals surface area contributed by atoms with Gasteiger partial charge in [0.25, 0.3) is 0 Å². The number of thiol groups is 1. The van der Waals surface area contributed by atoms with Gasteiger partial charge in [0.05, 0.1) is 6.61 Å². The summed E-state index contributed by atoms with van der Waals surface area (Å²) in [5.41, 5.74) is 0.627. The first-order chi connectivity index (χ1) is 7.45. The monoisotopic (exact) mass is 307 g/mol. The summed E-state index contributed by atoms with van der Waals surface area (Å²) in [7, 11) is -3.16. The van der Waals surface area contributed by atoms with E-state index in [2.05, 4.69) is 20.7 Å². The van der Waals surface area contributed by atoms with Crippen molar-refractivity contribution >= 4 is 37.0 Å². The van der Waals surface area contributed by atoms with Gasteiger partial charge >= 0.3 is 5.30 Å². The number of carbonyl (C=O) groups excluding carboxylic acids is 1. The Morgan fingerprint density at radius 1 is 1.44 bits per heavy atom. The molecule has 0 amide bonds. The minimum atomic E-state index is -3.16. The first-order valence-corrected chi connectivity index (χ1v) is 7.69. The molecule has 90 valence electrons. The Kier molecular flexibility index (Phi) is 4.49. The quantitative estimate of drug-likeness (QED) is 0.666. The first kappa shape index (κ1) is 13.2. The van der Waals surface area contributed by atoms with Gasteiger partial charge in [-0.1, -0.05) is 15.9 Å². The molecule has 0 radical (unpaired) electrons. The zero-order valence-corrected chi connectivity index (χ0v) is 11.5. The highest BCUT2D eigenvalue weighted by atomic mass is 79.9. The molecule has 0 aromatic heterocycles. The number of anilines is 1. The number of ether oxygens (including phenoxy) is 1. The maximum absolute atomic E-state index is 12.0. The lowest BCUT2D eigenvalue weighted by molar-refractivity contribution is 0.179. The van der Waals surface area contributed by atoms with E-state index >= 15 is 0 Å². The van der Waals surface area contributed by atoms with Gasteiger partial charge in [-0.3, -0.25) is 4.21 Å². The SMILES string of the molecule is CCOC(=O)[SH](C)(=O)Nc1ccc(Br)cc1. The molecule has 0 saturated heterocycles. The number of carbonyl (C=O) groups is 1. The lowest BCUT2D eigenvalue weighted by Crippen LogP contribution is -2.30. The van der Waals surface area contributed by atoms with Gasteiger partial charge in [-0.05, 0) is 31.2 Å². The fraction of sp³-hybridized carbons (Fsp3) is 0.300. The summed E-state index contributed by atoms with van der Waals surface area (Å²) in [6.45, 7) is 1.90. The Morgan fingerprint density at radius 2 is 2.00 bits per heavy atom. The molecule has 0 fully saturated rings. The van der Waals surface area contributed by atoms with Crippen LogP contribution in [0.1, 0.15) is 6.92 Å². The third kappa shape index (κ3) is 3.61. The van der Waals surface area contributed by atoms with Gasteiger partial charge in [0, 0.05) is 26.5 Å². The van der Waals surface area contributed by atoms with Crippen LogP contribution in [0.4, 0.5) is 10.5 Å². The van der Waals surface area contributed by atoms with Crippen molar-refractivity contribution in [2.24, 2.45) is 0 Å². The topological polar surface area (TPSA) is 55.4 Å². The molecule has 0 aliphatic carbocycles. The second-order valence-corrected chi connectivity index (χ2v) is 6.59. The van der Waals surface area contributed by atoms with Crippen LogP contribution in [0.25, 0.3) is 0 Å². The molecule has 0 unspecified atom stereocenters. The normalized spacial score (nSPS) is 11.9. The van der Waals surface area contributed by atoms with E-state index in [1.807, 2.05) is 0 Å². The van der Waals surface area contributed by atoms with Crippen LogP contribution in [0.5, 0.6) is 0 Å². The van der Waals surface area contributed by atoms with Crippen molar-refractivity contribution in [3.63, 3.8) is 0 Å². The molecule has 1 aromatic carbocycles. The molecule has 6 heteroatoms. The van der Waals surface area contributed by atoms with Crippen LogP contribution < -0.4 is 4.72 Å². The maximum atomic E-state index is 12.0. The van der Waals surface area contributed by atoms with Gasteiger partial charge in [-0.15, -0.1) is 0 Å². The highest BCUT2D eigenvalue weighted by molar-refractivity contribution is 9.10. The Balaban J connectivity index is 2.76. The summed E-state index contributed by atoms with van der Waals surface area (Å²) in [6.07, 6.45) is 1.35. The number of hydrogen-bond donors (Lipinski definition) is 2. The van der Waals surface area contributed by atoms with E-state index < -0.39 is 15.4 Å². The molecule has 4 nitrogen and oxygen atoms in total. The molecule has 0 saturated carbocycles. The largest absolute Gasteiger partial charge is 0.456 e. The predicted octanol–water partition coefficient (Wildman–Crippen LogP) is 2.58. The fourth-order valence-electron chi connectivity index (χ4n) is 1.06. The second kappa shape index (κ2) is 5.45. The van der Waals surface area contributed by atoms with Crippen molar-refractivity contribution in [3.05, 3.63) is 28.7 Å². The Bertz CT molecular complexity index is 419. The minimum absolute atomic E-state index is 0.221. The third-order valence-corrected chi connectivity index (χ3v) is 3.84. The van der Waals surface area contributed by atoms with Crippen molar-refractivity contribution in [3.8, 4) is 0 Å². The summed E-state index contributed by atoms with van der Waals surface area (Å²) in [5.74, 6) is 0. The number of nitrogens with one attached hydrogen (secondary N) is 1. The first-order valence-electron chi connectivity index (χ1n) is 4.74. The molecule has 1 rings (SSSR count). The summed E-state index contributed by atoms with van der Waals surface area (Å²) in [4.78, 5) is 11.4. The molecular formula is C10H14BrNO3S. The number of halogens is 1. The van der Waals surface area contributed by atoms with E-state index in [9.17, 15) is 9.00 Å². The molecule has 1 aromatic rings. The molecule has 0 heterocycles. The average molecular weight is 308 g/mol. The van der Waals surface area contributed by atoms with E-state index in [-0.39, 0.29) is 6.61 Å². The molecular weight excluding hydrogens is 294 g/mol. The zero-order chi connectivity index (χ0) is 12.2. The highest BCUT2D eigenvalue weighted by Gasteiger charge is 2.19. The Hall–Kier alpha value is -0.880. The van der Waals surface area contributed by atoms with E-state index in [4.69, 9.17) is 4.74 Å². The van der Waals surface area contributed by atoms with Crippen molar-refractivity contribution in [1.29, 1.82) is 0 Å². The Labute approximate surface area is 104 Å². The van der Waals surface area contributed by atoms with Gasteiger partial charge in [0.1, 0.15) is 0 Å². The van der Waals surface area contributed by atoms with Crippen LogP contribution in [0.15, 0.2) is 28.7 Å². The molecule has 0 atom stereocenters. The molecule has 1 N–H and O–H groups in total. The standard InChI is InChI=1S/C10H14BrNO3S/c1-3-15-10(13)16(2,14)12-9-6-4-8(11)5-7-9/h4-7,16H,3H2,1-2H3,(H,12,14). The summed E-state index contributed by atoms with van der Waals surface area (Å²) >= 11 is 3.29. The van der Waals surface area contributed by atoms with E-state index in [1.165, 1.54) is 6.26 Å². The molecule has 0 bridgehead atoms. The third-order valence-electron chi connectivity index (χ3n) is 1.80. The van der Waals surface area contributed by atoms with E-state index in [0.29, 0.717) is 5.69 Å². The highest BCUT2D eigenvalue weighted by Crippen LogP contribution is 2.17. The predicted molar refractivity (Wildman–Crippen MR) is 70.2 cm³/mol. The van der Waals surface area contributed by atoms with Gasteiger partial charge in [-0.2, -0.15) is 0 Å². The summed E-state index contributed by atoms with van der Waals surface area (Å²) in [5, 5.41) is -0.696. The van der Waals surface area contributed by atoms with Crippen molar-refractivity contribution in [1.82, 2.24) is 0 Å². The van der Waals surface area contributed by atoms with Crippen molar-refractivity contribution in [2.45, 2.75) is 6.92 Å². The van der Waals surface area contributed by atoms with Crippen LogP contribution >= 0.6 is 15.9 Å². The average Bonchev–Trinajstić information content (AvgIpc) is 2.21. The second-order valence-electron chi connectivity index (χ2n) is 3.24. The minimum Gasteiger partial charge on any atom is -0.456 e. The van der Waals surface area contributed by atoms with Crippen LogP contribution in [0.3, 0.4) is 0 Å². The lowest BCUT2D eigenvalue weighted by Gasteiger charge is -2.19. The smallest absolute Gasteiger partial charge is 0.390 e. The zero-order valence-electron chi connectivity index (χ0n) is 9.07. The molecule has 0 spiro atoms. The Morgan fingerprint density at radius 3 is 2.50 bits per heavy atom. The number of rotatable bonds is 3. The van der Waals surface area contributed by atoms with Gasteiger partial charge in [0.2, 0.25) is 0 Å². The fourth-order valence-corrected chi connectivity index (χ4v) is 2.44. The lowest BCUT2D eigenvalue weighted by atomic mass is 10.3. The van der Waals surface area contributed by atoms with Crippen molar-refractivity contribution < 1.29 is 13.7 Å². The van der Waals surface area contributed by atoms with Gasteiger partial charge in [0.15, 0.2) is 0 Å². The maximum Gasteiger partial charge on any atom is 0.390 e. The van der Waals surface area contributed by atoms with Crippen LogP contribution in [-0.2, 0) is 14.9 Å². The van der Waals surface area contributed by atoms with Crippen LogP contribution in [0.2, 0.25) is 0 Å². The van der Waals surface area contributed by atoms with Gasteiger partial charge < -0.3 is 9.46 Å². The van der Waals surface area contributed by atoms with E-state index in [0.717, 1.165) is 4.47 Å². The molecule has 0 aliphatic heterocycles. The van der Waals surface area contributed by atoms with Crippen LogP contribution in [0, 0.1) is 0 Å². The van der Waals surface area contributed by atoms with E-state index in [1.54, 1.807) is 31.2 Å². The molecule has 16 heavy (non-hydrogen) atoms. The molecule has 0 aliphatic rings. The van der Waals surface area contributed by atoms with Gasteiger partial charge in [-0.25, -0.2) is 4.79 Å². The summed E-state index contributed by atoms with van der Waals surface area (Å²) < 4.78 is 20.3.